The molecule has 10 heteroatoms. The lowest BCUT2D eigenvalue weighted by Gasteiger charge is -2.32. The summed E-state index contributed by atoms with van der Waals surface area (Å²) in [4.78, 5) is 47.3. The van der Waals surface area contributed by atoms with Gasteiger partial charge < -0.3 is 15.5 Å². The molecule has 1 saturated heterocycles. The number of hydrogen-bond acceptors (Lipinski definition) is 5. The molecule has 0 unspecified atom stereocenters. The van der Waals surface area contributed by atoms with Crippen LogP contribution in [0.3, 0.4) is 0 Å². The summed E-state index contributed by atoms with van der Waals surface area (Å²) in [6.07, 6.45) is 1.97. The Morgan fingerprint density at radius 1 is 1.23 bits per heavy atom. The second-order valence-corrected chi connectivity index (χ2v) is 8.67. The molecular formula is C20H21Cl2N5O3. The lowest BCUT2D eigenvalue weighted by atomic mass is 9.92. The van der Waals surface area contributed by atoms with Gasteiger partial charge in [0.1, 0.15) is 5.82 Å². The molecule has 1 aromatic carbocycles. The van der Waals surface area contributed by atoms with Gasteiger partial charge in [-0.05, 0) is 37.0 Å². The maximum atomic E-state index is 12.9. The summed E-state index contributed by atoms with van der Waals surface area (Å²) in [6, 6.07) is 4.62. The summed E-state index contributed by atoms with van der Waals surface area (Å²) in [5.41, 5.74) is 0.0971. The molecule has 2 aliphatic heterocycles. The minimum absolute atomic E-state index is 0.132. The number of nitrogens with one attached hydrogen (secondary N) is 3. The van der Waals surface area contributed by atoms with E-state index in [1.54, 1.807) is 6.07 Å². The number of aromatic nitrogens is 2. The van der Waals surface area contributed by atoms with Crippen LogP contribution in [-0.2, 0) is 9.59 Å². The molecule has 8 nitrogen and oxygen atoms in total. The Labute approximate surface area is 183 Å². The van der Waals surface area contributed by atoms with E-state index in [1.165, 1.54) is 12.1 Å². The fourth-order valence-corrected chi connectivity index (χ4v) is 4.50. The van der Waals surface area contributed by atoms with Crippen LogP contribution in [0.2, 0.25) is 10.0 Å². The molecule has 2 aliphatic rings. The van der Waals surface area contributed by atoms with Gasteiger partial charge in [-0.25, -0.2) is 0 Å². The summed E-state index contributed by atoms with van der Waals surface area (Å²) in [5.74, 6) is -0.825. The second-order valence-electron chi connectivity index (χ2n) is 7.80. The average Bonchev–Trinajstić information content (AvgIpc) is 2.66. The zero-order valence-corrected chi connectivity index (χ0v) is 17.8. The highest BCUT2D eigenvalue weighted by Gasteiger charge is 2.35. The highest BCUT2D eigenvalue weighted by Crippen LogP contribution is 2.31. The van der Waals surface area contributed by atoms with Crippen LogP contribution in [0.5, 0.6) is 0 Å². The second kappa shape index (κ2) is 8.28. The van der Waals surface area contributed by atoms with Crippen molar-refractivity contribution in [3.05, 3.63) is 44.2 Å². The van der Waals surface area contributed by atoms with Gasteiger partial charge in [0.2, 0.25) is 17.8 Å². The minimum atomic E-state index is -0.975. The number of carbonyl (C=O) groups excluding carboxylic acids is 2. The SMILES string of the molecule is C[C@@H]1CCCN(c2nc3c(c(=O)[nH]2)[C@H](C(=O)Nc2cc(Cl)cc(Cl)c2)CC(=O)N3)C1. The Morgan fingerprint density at radius 3 is 2.67 bits per heavy atom. The lowest BCUT2D eigenvalue weighted by Crippen LogP contribution is -2.40. The number of hydrogen-bond donors (Lipinski definition) is 3. The first-order chi connectivity index (χ1) is 14.3. The summed E-state index contributed by atoms with van der Waals surface area (Å²) < 4.78 is 0. The van der Waals surface area contributed by atoms with E-state index in [9.17, 15) is 14.4 Å². The number of anilines is 3. The molecule has 0 aliphatic carbocycles. The number of aromatic amines is 1. The third-order valence-electron chi connectivity index (χ3n) is 5.34. The van der Waals surface area contributed by atoms with E-state index >= 15 is 0 Å². The van der Waals surface area contributed by atoms with Crippen molar-refractivity contribution < 1.29 is 9.59 Å². The van der Waals surface area contributed by atoms with Gasteiger partial charge in [-0.1, -0.05) is 30.1 Å². The Kier molecular flexibility index (Phi) is 5.71. The van der Waals surface area contributed by atoms with Gasteiger partial charge in [-0.2, -0.15) is 4.98 Å². The zero-order chi connectivity index (χ0) is 21.4. The molecule has 2 atom stereocenters. The van der Waals surface area contributed by atoms with Crippen molar-refractivity contribution in [1.29, 1.82) is 0 Å². The Balaban J connectivity index is 1.65. The summed E-state index contributed by atoms with van der Waals surface area (Å²) in [5, 5.41) is 6.05. The van der Waals surface area contributed by atoms with E-state index in [0.29, 0.717) is 27.6 Å². The molecule has 2 aromatic rings. The van der Waals surface area contributed by atoms with Crippen LogP contribution >= 0.6 is 23.2 Å². The maximum absolute atomic E-state index is 12.9. The standard InChI is InChI=1S/C20H21Cl2N5O3/c1-10-3-2-4-27(9-10)20-25-17-16(19(30)26-20)14(8-15(28)24-17)18(29)23-13-6-11(21)5-12(22)7-13/h5-7,10,14H,2-4,8-9H2,1H3,(H,23,29)(H2,24,25,26,28,30)/t10-,14-/m1/s1. The first kappa shape index (κ1) is 20.7. The minimum Gasteiger partial charge on any atom is -0.342 e. The molecular weight excluding hydrogens is 429 g/mol. The fraction of sp³-hybridized carbons (Fsp3) is 0.400. The van der Waals surface area contributed by atoms with Gasteiger partial charge in [0.25, 0.3) is 5.56 Å². The summed E-state index contributed by atoms with van der Waals surface area (Å²) >= 11 is 12.0. The van der Waals surface area contributed by atoms with Crippen molar-refractivity contribution in [3.8, 4) is 0 Å². The smallest absolute Gasteiger partial charge is 0.258 e. The van der Waals surface area contributed by atoms with Crippen molar-refractivity contribution in [3.63, 3.8) is 0 Å². The van der Waals surface area contributed by atoms with Gasteiger partial charge in [-0.15, -0.1) is 0 Å². The van der Waals surface area contributed by atoms with E-state index in [4.69, 9.17) is 23.2 Å². The average molecular weight is 450 g/mol. The molecule has 1 aromatic heterocycles. The molecule has 30 heavy (non-hydrogen) atoms. The van der Waals surface area contributed by atoms with Crippen molar-refractivity contribution in [2.75, 3.05) is 28.6 Å². The van der Waals surface area contributed by atoms with Gasteiger partial charge in [0.15, 0.2) is 0 Å². The predicted molar refractivity (Wildman–Crippen MR) is 117 cm³/mol. The van der Waals surface area contributed by atoms with Gasteiger partial charge in [0, 0.05) is 35.2 Å². The van der Waals surface area contributed by atoms with Gasteiger partial charge in [-0.3, -0.25) is 19.4 Å². The normalized spacial score (nSPS) is 21.0. The van der Waals surface area contributed by atoms with Crippen molar-refractivity contribution in [2.45, 2.75) is 32.1 Å². The van der Waals surface area contributed by atoms with Gasteiger partial charge >= 0.3 is 0 Å². The van der Waals surface area contributed by atoms with Crippen molar-refractivity contribution in [2.24, 2.45) is 5.92 Å². The van der Waals surface area contributed by atoms with E-state index in [-0.39, 0.29) is 23.7 Å². The largest absolute Gasteiger partial charge is 0.342 e. The van der Waals surface area contributed by atoms with E-state index in [2.05, 4.69) is 27.5 Å². The van der Waals surface area contributed by atoms with E-state index in [1.807, 2.05) is 4.90 Å². The van der Waals surface area contributed by atoms with Crippen LogP contribution in [-0.4, -0.2) is 34.9 Å². The third kappa shape index (κ3) is 4.29. The van der Waals surface area contributed by atoms with Crippen LogP contribution in [0.1, 0.15) is 37.7 Å². The quantitative estimate of drug-likeness (QED) is 0.665. The monoisotopic (exact) mass is 449 g/mol. The number of amides is 2. The van der Waals surface area contributed by atoms with Crippen LogP contribution in [0.15, 0.2) is 23.0 Å². The number of fused-ring (bicyclic) bond motifs is 1. The lowest BCUT2D eigenvalue weighted by molar-refractivity contribution is -0.123. The molecule has 0 spiro atoms. The summed E-state index contributed by atoms with van der Waals surface area (Å²) in [7, 11) is 0. The third-order valence-corrected chi connectivity index (χ3v) is 5.78. The Morgan fingerprint density at radius 2 is 1.97 bits per heavy atom. The summed E-state index contributed by atoms with van der Waals surface area (Å²) in [6.45, 7) is 3.70. The van der Waals surface area contributed by atoms with Crippen LogP contribution in [0, 0.1) is 5.92 Å². The number of rotatable bonds is 3. The number of benzene rings is 1. The number of piperidine rings is 1. The van der Waals surface area contributed by atoms with Crippen LogP contribution < -0.4 is 21.1 Å². The molecule has 158 valence electrons. The highest BCUT2D eigenvalue weighted by molar-refractivity contribution is 6.35. The first-order valence-corrected chi connectivity index (χ1v) is 10.5. The molecule has 3 heterocycles. The molecule has 0 radical (unpaired) electrons. The molecule has 3 N–H and O–H groups in total. The van der Waals surface area contributed by atoms with Gasteiger partial charge in [0.05, 0.1) is 11.5 Å². The number of H-pyrrole nitrogens is 1. The number of carbonyl (C=O) groups is 2. The van der Waals surface area contributed by atoms with Crippen LogP contribution in [0.25, 0.3) is 0 Å². The van der Waals surface area contributed by atoms with E-state index in [0.717, 1.165) is 25.9 Å². The highest BCUT2D eigenvalue weighted by atomic mass is 35.5. The molecule has 0 saturated carbocycles. The number of halogens is 2. The van der Waals surface area contributed by atoms with Crippen molar-refractivity contribution in [1.82, 2.24) is 9.97 Å². The maximum Gasteiger partial charge on any atom is 0.258 e. The zero-order valence-electron chi connectivity index (χ0n) is 16.3. The van der Waals surface area contributed by atoms with Crippen molar-refractivity contribution >= 4 is 52.5 Å². The Hall–Kier alpha value is -2.58. The molecule has 2 amide bonds. The molecule has 0 bridgehead atoms. The predicted octanol–water partition coefficient (Wildman–Crippen LogP) is 3.38. The fourth-order valence-electron chi connectivity index (χ4n) is 3.97. The first-order valence-electron chi connectivity index (χ1n) is 9.76. The molecule has 4 rings (SSSR count). The Bertz CT molecular complexity index is 1050. The molecule has 1 fully saturated rings. The topological polar surface area (TPSA) is 107 Å². The van der Waals surface area contributed by atoms with Crippen LogP contribution in [0.4, 0.5) is 17.5 Å². The van der Waals surface area contributed by atoms with E-state index < -0.39 is 17.4 Å². The number of nitrogens with zero attached hydrogens (tertiary/aromatic N) is 2.